The number of benzene rings is 1. The SMILES string of the molecule is Cn1nc2ccccc2c1/C=C/C(=O)O. The van der Waals surface area contributed by atoms with Crippen LogP contribution in [-0.4, -0.2) is 20.9 Å². The van der Waals surface area contributed by atoms with Crippen LogP contribution < -0.4 is 0 Å². The summed E-state index contributed by atoms with van der Waals surface area (Å²) in [4.78, 5) is 10.4. The van der Waals surface area contributed by atoms with Gasteiger partial charge in [0.2, 0.25) is 0 Å². The first-order valence-corrected chi connectivity index (χ1v) is 4.51. The van der Waals surface area contributed by atoms with Gasteiger partial charge >= 0.3 is 5.97 Å². The third-order valence-electron chi connectivity index (χ3n) is 2.17. The van der Waals surface area contributed by atoms with E-state index < -0.39 is 5.97 Å². The van der Waals surface area contributed by atoms with E-state index in [1.165, 1.54) is 0 Å². The molecule has 0 bridgehead atoms. The van der Waals surface area contributed by atoms with Crippen LogP contribution in [0, 0.1) is 0 Å². The van der Waals surface area contributed by atoms with Crippen molar-refractivity contribution in [2.75, 3.05) is 0 Å². The number of carboxylic acid groups (broad SMARTS) is 1. The molecule has 0 saturated carbocycles. The maximum absolute atomic E-state index is 10.4. The van der Waals surface area contributed by atoms with Crippen molar-refractivity contribution in [1.82, 2.24) is 9.78 Å². The Kier molecular flexibility index (Phi) is 2.25. The summed E-state index contributed by atoms with van der Waals surface area (Å²) >= 11 is 0. The van der Waals surface area contributed by atoms with Crippen molar-refractivity contribution in [3.63, 3.8) is 0 Å². The molecule has 1 aromatic heterocycles. The molecule has 0 amide bonds. The molecule has 2 aromatic rings. The standard InChI is InChI=1S/C11H10N2O2/c1-13-10(6-7-11(14)15)8-4-2-3-5-9(8)12-13/h2-7H,1H3,(H,14,15)/b7-6+. The molecule has 0 unspecified atom stereocenters. The normalized spacial score (nSPS) is 11.3. The molecule has 2 rings (SSSR count). The Morgan fingerprint density at radius 1 is 1.47 bits per heavy atom. The minimum absolute atomic E-state index is 0.799. The number of aliphatic carboxylic acids is 1. The number of fused-ring (bicyclic) bond motifs is 1. The van der Waals surface area contributed by atoms with Crippen molar-refractivity contribution in [3.05, 3.63) is 36.0 Å². The number of carbonyl (C=O) groups is 1. The van der Waals surface area contributed by atoms with E-state index in [2.05, 4.69) is 5.10 Å². The Bertz CT molecular complexity index is 541. The van der Waals surface area contributed by atoms with Gasteiger partial charge in [0, 0.05) is 18.5 Å². The van der Waals surface area contributed by atoms with E-state index in [4.69, 9.17) is 5.11 Å². The van der Waals surface area contributed by atoms with Gasteiger partial charge in [0.05, 0.1) is 11.2 Å². The Balaban J connectivity index is 2.59. The van der Waals surface area contributed by atoms with Crippen molar-refractivity contribution in [1.29, 1.82) is 0 Å². The molecule has 0 spiro atoms. The molecule has 0 aliphatic rings. The van der Waals surface area contributed by atoms with Crippen LogP contribution in [0.3, 0.4) is 0 Å². The predicted octanol–water partition coefficient (Wildman–Crippen LogP) is 1.67. The molecule has 0 aliphatic carbocycles. The van der Waals surface area contributed by atoms with E-state index in [0.717, 1.165) is 22.7 Å². The van der Waals surface area contributed by atoms with Gasteiger partial charge in [0.25, 0.3) is 0 Å². The maximum atomic E-state index is 10.4. The highest BCUT2D eigenvalue weighted by atomic mass is 16.4. The van der Waals surface area contributed by atoms with Crippen molar-refractivity contribution in [2.24, 2.45) is 7.05 Å². The Morgan fingerprint density at radius 2 is 2.20 bits per heavy atom. The molecule has 1 aromatic carbocycles. The molecular formula is C11H10N2O2. The lowest BCUT2D eigenvalue weighted by Gasteiger charge is -1.93. The van der Waals surface area contributed by atoms with Crippen molar-refractivity contribution < 1.29 is 9.90 Å². The minimum atomic E-state index is -0.958. The Morgan fingerprint density at radius 3 is 2.93 bits per heavy atom. The summed E-state index contributed by atoms with van der Waals surface area (Å²) < 4.78 is 1.67. The Labute approximate surface area is 86.4 Å². The molecule has 0 atom stereocenters. The minimum Gasteiger partial charge on any atom is -0.478 e. The molecule has 15 heavy (non-hydrogen) atoms. The van der Waals surface area contributed by atoms with Crippen LogP contribution in [0.25, 0.3) is 17.0 Å². The van der Waals surface area contributed by atoms with Gasteiger partial charge in [-0.15, -0.1) is 0 Å². The van der Waals surface area contributed by atoms with Crippen molar-refractivity contribution in [3.8, 4) is 0 Å². The molecular weight excluding hydrogens is 192 g/mol. The monoisotopic (exact) mass is 202 g/mol. The van der Waals surface area contributed by atoms with E-state index in [1.54, 1.807) is 17.8 Å². The molecule has 4 nitrogen and oxygen atoms in total. The van der Waals surface area contributed by atoms with Crippen LogP contribution in [0.15, 0.2) is 30.3 Å². The number of rotatable bonds is 2. The summed E-state index contributed by atoms with van der Waals surface area (Å²) in [5.41, 5.74) is 1.66. The highest BCUT2D eigenvalue weighted by Crippen LogP contribution is 2.18. The number of nitrogens with zero attached hydrogens (tertiary/aromatic N) is 2. The molecule has 1 N–H and O–H groups in total. The largest absolute Gasteiger partial charge is 0.478 e. The van der Waals surface area contributed by atoms with Gasteiger partial charge in [0.1, 0.15) is 0 Å². The fourth-order valence-corrected chi connectivity index (χ4v) is 1.52. The zero-order valence-electron chi connectivity index (χ0n) is 8.21. The van der Waals surface area contributed by atoms with E-state index >= 15 is 0 Å². The van der Waals surface area contributed by atoms with E-state index in [-0.39, 0.29) is 0 Å². The first-order valence-electron chi connectivity index (χ1n) is 4.51. The van der Waals surface area contributed by atoms with E-state index in [1.807, 2.05) is 24.3 Å². The van der Waals surface area contributed by atoms with Crippen LogP contribution >= 0.6 is 0 Å². The van der Waals surface area contributed by atoms with Gasteiger partial charge < -0.3 is 5.11 Å². The second-order valence-electron chi connectivity index (χ2n) is 3.20. The van der Waals surface area contributed by atoms with Crippen LogP contribution in [-0.2, 0) is 11.8 Å². The highest BCUT2D eigenvalue weighted by Gasteiger charge is 2.04. The molecule has 4 heteroatoms. The topological polar surface area (TPSA) is 55.1 Å². The van der Waals surface area contributed by atoms with Crippen LogP contribution in [0.2, 0.25) is 0 Å². The van der Waals surface area contributed by atoms with E-state index in [9.17, 15) is 4.79 Å². The van der Waals surface area contributed by atoms with Gasteiger partial charge in [0.15, 0.2) is 0 Å². The van der Waals surface area contributed by atoms with Crippen molar-refractivity contribution in [2.45, 2.75) is 0 Å². The lowest BCUT2D eigenvalue weighted by atomic mass is 10.2. The first kappa shape index (κ1) is 9.45. The second-order valence-corrected chi connectivity index (χ2v) is 3.20. The Hall–Kier alpha value is -2.10. The smallest absolute Gasteiger partial charge is 0.328 e. The lowest BCUT2D eigenvalue weighted by molar-refractivity contribution is -0.131. The van der Waals surface area contributed by atoms with Gasteiger partial charge in [-0.1, -0.05) is 18.2 Å². The van der Waals surface area contributed by atoms with Gasteiger partial charge in [-0.05, 0) is 12.1 Å². The molecule has 0 fully saturated rings. The summed E-state index contributed by atoms with van der Waals surface area (Å²) in [5.74, 6) is -0.958. The fraction of sp³-hybridized carbons (Fsp3) is 0.0909. The summed E-state index contributed by atoms with van der Waals surface area (Å²) in [6, 6.07) is 7.62. The molecule has 0 saturated heterocycles. The van der Waals surface area contributed by atoms with Gasteiger partial charge in [-0.25, -0.2) is 4.79 Å². The van der Waals surface area contributed by atoms with Crippen molar-refractivity contribution >= 4 is 22.9 Å². The molecule has 0 aliphatic heterocycles. The van der Waals surface area contributed by atoms with E-state index in [0.29, 0.717) is 0 Å². The number of aromatic nitrogens is 2. The lowest BCUT2D eigenvalue weighted by Crippen LogP contribution is -1.93. The summed E-state index contributed by atoms with van der Waals surface area (Å²) in [5, 5.41) is 13.8. The number of aryl methyl sites for hydroxylation is 1. The molecule has 1 heterocycles. The number of carboxylic acids is 1. The average Bonchev–Trinajstić information content (AvgIpc) is 2.50. The number of hydrogen-bond acceptors (Lipinski definition) is 2. The molecule has 0 radical (unpaired) electrons. The zero-order chi connectivity index (χ0) is 10.8. The van der Waals surface area contributed by atoms with Gasteiger partial charge in [-0.2, -0.15) is 5.10 Å². The first-order chi connectivity index (χ1) is 7.18. The van der Waals surface area contributed by atoms with Crippen LogP contribution in [0.4, 0.5) is 0 Å². The van der Waals surface area contributed by atoms with Crippen LogP contribution in [0.1, 0.15) is 5.69 Å². The average molecular weight is 202 g/mol. The van der Waals surface area contributed by atoms with Crippen LogP contribution in [0.5, 0.6) is 0 Å². The summed E-state index contributed by atoms with van der Waals surface area (Å²) in [6.07, 6.45) is 2.67. The molecule has 76 valence electrons. The second kappa shape index (κ2) is 3.57. The number of hydrogen-bond donors (Lipinski definition) is 1. The third-order valence-corrected chi connectivity index (χ3v) is 2.17. The predicted molar refractivity (Wildman–Crippen MR) is 57.4 cm³/mol. The third kappa shape index (κ3) is 1.74. The zero-order valence-corrected chi connectivity index (χ0v) is 8.21. The summed E-state index contributed by atoms with van der Waals surface area (Å²) in [7, 11) is 1.79. The summed E-state index contributed by atoms with van der Waals surface area (Å²) in [6.45, 7) is 0. The fourth-order valence-electron chi connectivity index (χ4n) is 1.52. The van der Waals surface area contributed by atoms with Gasteiger partial charge in [-0.3, -0.25) is 4.68 Å². The maximum Gasteiger partial charge on any atom is 0.328 e. The quantitative estimate of drug-likeness (QED) is 0.753. The highest BCUT2D eigenvalue weighted by molar-refractivity contribution is 5.91.